The molecule has 1 fully saturated rings. The highest BCUT2D eigenvalue weighted by molar-refractivity contribution is 9.10. The zero-order valence-corrected chi connectivity index (χ0v) is 11.6. The fraction of sp³-hybridized carbons (Fsp3) is 0.429. The molecule has 2 atom stereocenters. The summed E-state index contributed by atoms with van der Waals surface area (Å²) in [4.78, 5) is 4.24. The van der Waals surface area contributed by atoms with Crippen LogP contribution in [0.15, 0.2) is 22.9 Å². The van der Waals surface area contributed by atoms with Gasteiger partial charge in [-0.2, -0.15) is 5.26 Å². The van der Waals surface area contributed by atoms with E-state index >= 15 is 0 Å². The van der Waals surface area contributed by atoms with Gasteiger partial charge >= 0.3 is 0 Å². The predicted molar refractivity (Wildman–Crippen MR) is 73.8 cm³/mol. The average molecular weight is 304 g/mol. The summed E-state index contributed by atoms with van der Waals surface area (Å²) in [6.07, 6.45) is 7.80. The zero-order valence-electron chi connectivity index (χ0n) is 9.99. The first kappa shape index (κ1) is 11.9. The average Bonchev–Trinajstić information content (AvgIpc) is 2.86. The third kappa shape index (κ3) is 2.09. The number of nitriles is 1. The number of pyridine rings is 1. The number of nitrogens with one attached hydrogen (secondary N) is 1. The number of halogens is 1. The molecule has 2 aliphatic rings. The molecule has 18 heavy (non-hydrogen) atoms. The van der Waals surface area contributed by atoms with Gasteiger partial charge in [0.1, 0.15) is 10.7 Å². The summed E-state index contributed by atoms with van der Waals surface area (Å²) in [6.45, 7) is 1.13. The highest BCUT2D eigenvalue weighted by Crippen LogP contribution is 2.34. The van der Waals surface area contributed by atoms with Crippen molar-refractivity contribution >= 4 is 21.5 Å². The van der Waals surface area contributed by atoms with Crippen LogP contribution in [0.3, 0.4) is 0 Å². The van der Waals surface area contributed by atoms with Crippen molar-refractivity contribution in [3.05, 3.63) is 34.1 Å². The fourth-order valence-corrected chi connectivity index (χ4v) is 3.19. The summed E-state index contributed by atoms with van der Waals surface area (Å²) in [7, 11) is 0. The molecule has 2 heterocycles. The van der Waals surface area contributed by atoms with Gasteiger partial charge in [0.25, 0.3) is 0 Å². The predicted octanol–water partition coefficient (Wildman–Crippen LogP) is 2.87. The second kappa shape index (κ2) is 4.83. The minimum atomic E-state index is 0.517. The molecule has 0 saturated carbocycles. The first-order valence-electron chi connectivity index (χ1n) is 6.28. The topological polar surface area (TPSA) is 48.7 Å². The lowest BCUT2D eigenvalue weighted by Crippen LogP contribution is -2.27. The Hall–Kier alpha value is -1.18. The van der Waals surface area contributed by atoms with Crippen molar-refractivity contribution < 1.29 is 0 Å². The monoisotopic (exact) mass is 303 g/mol. The molecule has 92 valence electrons. The molecule has 0 bridgehead atoms. The van der Waals surface area contributed by atoms with Crippen molar-refractivity contribution in [2.45, 2.75) is 25.3 Å². The molecule has 1 saturated heterocycles. The largest absolute Gasteiger partial charge is 0.310 e. The maximum absolute atomic E-state index is 9.04. The van der Waals surface area contributed by atoms with Gasteiger partial charge in [0.05, 0.1) is 5.56 Å². The van der Waals surface area contributed by atoms with Crippen molar-refractivity contribution in [1.82, 2.24) is 10.3 Å². The highest BCUT2D eigenvalue weighted by Gasteiger charge is 2.29. The van der Waals surface area contributed by atoms with Gasteiger partial charge in [0.2, 0.25) is 0 Å². The Labute approximate surface area is 115 Å². The van der Waals surface area contributed by atoms with Crippen LogP contribution >= 0.6 is 15.9 Å². The number of rotatable bonds is 1. The number of allylic oxidation sites excluding steroid dienone is 1. The summed E-state index contributed by atoms with van der Waals surface area (Å²) in [5.74, 6) is 0.799. The minimum absolute atomic E-state index is 0.517. The van der Waals surface area contributed by atoms with Crippen molar-refractivity contribution in [2.75, 3.05) is 6.54 Å². The van der Waals surface area contributed by atoms with E-state index in [9.17, 15) is 0 Å². The molecule has 3 nitrogen and oxygen atoms in total. The van der Waals surface area contributed by atoms with E-state index in [0.717, 1.165) is 24.4 Å². The Bertz CT molecular complexity index is 544. The van der Waals surface area contributed by atoms with E-state index in [0.29, 0.717) is 16.2 Å². The molecule has 1 N–H and O–H groups in total. The number of nitrogens with zero attached hydrogens (tertiary/aromatic N) is 2. The molecule has 0 amide bonds. The van der Waals surface area contributed by atoms with Crippen LogP contribution in [0.2, 0.25) is 0 Å². The van der Waals surface area contributed by atoms with Crippen LogP contribution in [0.25, 0.3) is 5.57 Å². The normalized spacial score (nSPS) is 26.3. The van der Waals surface area contributed by atoms with Crippen LogP contribution in [-0.4, -0.2) is 17.6 Å². The first-order valence-corrected chi connectivity index (χ1v) is 7.07. The lowest BCUT2D eigenvalue weighted by Gasteiger charge is -2.24. The fourth-order valence-electron chi connectivity index (χ4n) is 2.88. The Balaban J connectivity index is 1.93. The number of hydrogen-bond donors (Lipinski definition) is 1. The van der Waals surface area contributed by atoms with Crippen LogP contribution in [0.1, 0.15) is 30.4 Å². The van der Waals surface area contributed by atoms with Gasteiger partial charge < -0.3 is 5.32 Å². The summed E-state index contributed by atoms with van der Waals surface area (Å²) >= 11 is 3.29. The second-order valence-corrected chi connectivity index (χ2v) is 5.68. The van der Waals surface area contributed by atoms with Gasteiger partial charge in [-0.15, -0.1) is 0 Å². The highest BCUT2D eigenvalue weighted by atomic mass is 79.9. The van der Waals surface area contributed by atoms with Crippen LogP contribution in [0.5, 0.6) is 0 Å². The molecule has 1 aromatic heterocycles. The van der Waals surface area contributed by atoms with Gasteiger partial charge in [-0.05, 0) is 64.9 Å². The maximum Gasteiger partial charge on any atom is 0.123 e. The van der Waals surface area contributed by atoms with Gasteiger partial charge in [0.15, 0.2) is 0 Å². The molecule has 0 unspecified atom stereocenters. The van der Waals surface area contributed by atoms with Crippen molar-refractivity contribution in [3.63, 3.8) is 0 Å². The standard InChI is InChI=1S/C14H14BrN3/c15-14-11(7-16)5-12(8-18-14)10-2-1-9-3-4-17-13(9)6-10/h5-6,8-9,13,17H,1-4H2/t9-,13-/m0/s1. The molecule has 0 radical (unpaired) electrons. The van der Waals surface area contributed by atoms with E-state index in [2.05, 4.69) is 38.4 Å². The third-order valence-corrected chi connectivity index (χ3v) is 4.53. The number of fused-ring (bicyclic) bond motifs is 1. The molecular weight excluding hydrogens is 290 g/mol. The van der Waals surface area contributed by atoms with Crippen LogP contribution in [0.4, 0.5) is 0 Å². The van der Waals surface area contributed by atoms with E-state index in [4.69, 9.17) is 5.26 Å². The van der Waals surface area contributed by atoms with Gasteiger partial charge in [-0.1, -0.05) is 6.08 Å². The van der Waals surface area contributed by atoms with E-state index in [1.165, 1.54) is 18.4 Å². The van der Waals surface area contributed by atoms with Gasteiger partial charge in [-0.25, -0.2) is 4.98 Å². The lowest BCUT2D eigenvalue weighted by molar-refractivity contribution is 0.465. The molecule has 1 aromatic rings. The molecule has 1 aliphatic heterocycles. The SMILES string of the molecule is N#Cc1cc(C2=C[C@@H]3NCC[C@@H]3CC2)cnc1Br. The quantitative estimate of drug-likeness (QED) is 0.812. The molecule has 3 rings (SSSR count). The summed E-state index contributed by atoms with van der Waals surface area (Å²) in [6, 6.07) is 4.61. The first-order chi connectivity index (χ1) is 8.78. The second-order valence-electron chi connectivity index (χ2n) is 4.93. The number of aromatic nitrogens is 1. The van der Waals surface area contributed by atoms with E-state index in [1.807, 2.05) is 12.3 Å². The van der Waals surface area contributed by atoms with Gasteiger partial charge in [0, 0.05) is 12.2 Å². The Morgan fingerprint density at radius 3 is 3.17 bits per heavy atom. The maximum atomic E-state index is 9.04. The Kier molecular flexibility index (Phi) is 3.19. The summed E-state index contributed by atoms with van der Waals surface area (Å²) in [5, 5.41) is 12.6. The molecule has 1 aliphatic carbocycles. The van der Waals surface area contributed by atoms with Crippen molar-refractivity contribution in [2.24, 2.45) is 5.92 Å². The van der Waals surface area contributed by atoms with Crippen LogP contribution < -0.4 is 5.32 Å². The van der Waals surface area contributed by atoms with E-state index < -0.39 is 0 Å². The van der Waals surface area contributed by atoms with Crippen molar-refractivity contribution in [3.8, 4) is 6.07 Å². The van der Waals surface area contributed by atoms with Crippen LogP contribution in [0, 0.1) is 17.2 Å². The molecule has 0 aromatic carbocycles. The Morgan fingerprint density at radius 1 is 1.44 bits per heavy atom. The zero-order chi connectivity index (χ0) is 12.5. The minimum Gasteiger partial charge on any atom is -0.310 e. The summed E-state index contributed by atoms with van der Waals surface area (Å²) in [5.41, 5.74) is 3.01. The lowest BCUT2D eigenvalue weighted by atomic mass is 9.84. The number of hydrogen-bond acceptors (Lipinski definition) is 3. The van der Waals surface area contributed by atoms with Gasteiger partial charge in [-0.3, -0.25) is 0 Å². The summed E-state index contributed by atoms with van der Waals surface area (Å²) < 4.78 is 0.627. The Morgan fingerprint density at radius 2 is 2.33 bits per heavy atom. The van der Waals surface area contributed by atoms with E-state index in [1.54, 1.807) is 0 Å². The molecule has 4 heteroatoms. The van der Waals surface area contributed by atoms with Crippen molar-refractivity contribution in [1.29, 1.82) is 5.26 Å². The molecular formula is C14H14BrN3. The molecule has 0 spiro atoms. The third-order valence-electron chi connectivity index (χ3n) is 3.90. The van der Waals surface area contributed by atoms with Crippen LogP contribution in [-0.2, 0) is 0 Å². The van der Waals surface area contributed by atoms with E-state index in [-0.39, 0.29) is 0 Å². The smallest absolute Gasteiger partial charge is 0.123 e.